The third kappa shape index (κ3) is 2.39. The zero-order chi connectivity index (χ0) is 13.8. The van der Waals surface area contributed by atoms with E-state index in [4.69, 9.17) is 10.4 Å². The molecule has 2 aromatic carbocycles. The van der Waals surface area contributed by atoms with Crippen LogP contribution in [0.4, 0.5) is 6.01 Å². The maximum atomic E-state index is 5.29. The van der Waals surface area contributed by atoms with Crippen LogP contribution in [-0.2, 0) is 0 Å². The van der Waals surface area contributed by atoms with Crippen LogP contribution in [0.25, 0.3) is 0 Å². The van der Waals surface area contributed by atoms with Crippen molar-refractivity contribution in [1.29, 1.82) is 0 Å². The van der Waals surface area contributed by atoms with Gasteiger partial charge in [-0.1, -0.05) is 65.8 Å². The van der Waals surface area contributed by atoms with Gasteiger partial charge in [0.25, 0.3) is 0 Å². The number of hydrazine groups is 1. The molecule has 0 saturated carbocycles. The van der Waals surface area contributed by atoms with Crippen molar-refractivity contribution >= 4 is 6.01 Å². The standard InChI is InChI=1S/C15H14N4O/c16-18-15-17-14(19-20-15)13(11-7-3-1-4-8-11)12-9-5-2-6-10-12/h1-10,13H,16H2,(H,17,18,19). The van der Waals surface area contributed by atoms with Crippen molar-refractivity contribution < 1.29 is 4.52 Å². The van der Waals surface area contributed by atoms with Crippen LogP contribution in [0.3, 0.4) is 0 Å². The zero-order valence-corrected chi connectivity index (χ0v) is 10.7. The number of rotatable bonds is 4. The molecule has 1 heterocycles. The van der Waals surface area contributed by atoms with E-state index in [9.17, 15) is 0 Å². The highest BCUT2D eigenvalue weighted by atomic mass is 16.5. The Morgan fingerprint density at radius 3 is 1.90 bits per heavy atom. The lowest BCUT2D eigenvalue weighted by molar-refractivity contribution is 0.422. The minimum Gasteiger partial charge on any atom is -0.314 e. The highest BCUT2D eigenvalue weighted by Crippen LogP contribution is 2.30. The Labute approximate surface area is 116 Å². The maximum Gasteiger partial charge on any atom is 0.335 e. The molecular weight excluding hydrogens is 252 g/mol. The molecule has 100 valence electrons. The minimum absolute atomic E-state index is 0.0803. The van der Waals surface area contributed by atoms with Gasteiger partial charge in [0.05, 0.1) is 5.92 Å². The topological polar surface area (TPSA) is 77.0 Å². The van der Waals surface area contributed by atoms with Gasteiger partial charge in [0, 0.05) is 0 Å². The Balaban J connectivity index is 2.09. The molecular formula is C15H14N4O. The van der Waals surface area contributed by atoms with E-state index in [-0.39, 0.29) is 11.9 Å². The molecule has 0 aliphatic heterocycles. The second-order valence-corrected chi connectivity index (χ2v) is 4.36. The molecule has 0 aliphatic carbocycles. The van der Waals surface area contributed by atoms with Gasteiger partial charge in [-0.05, 0) is 11.1 Å². The number of nitrogens with one attached hydrogen (secondary N) is 1. The Kier molecular flexibility index (Phi) is 3.43. The van der Waals surface area contributed by atoms with Crippen molar-refractivity contribution in [1.82, 2.24) is 10.1 Å². The summed E-state index contributed by atoms with van der Waals surface area (Å²) in [6.45, 7) is 0. The van der Waals surface area contributed by atoms with Crippen LogP contribution in [0.2, 0.25) is 0 Å². The predicted octanol–water partition coefficient (Wildman–Crippen LogP) is 2.54. The van der Waals surface area contributed by atoms with E-state index in [0.29, 0.717) is 5.82 Å². The van der Waals surface area contributed by atoms with Crippen molar-refractivity contribution in [3.05, 3.63) is 77.6 Å². The minimum atomic E-state index is -0.0803. The van der Waals surface area contributed by atoms with E-state index < -0.39 is 0 Å². The van der Waals surface area contributed by atoms with Crippen molar-refractivity contribution in [2.45, 2.75) is 5.92 Å². The first kappa shape index (κ1) is 12.4. The third-order valence-corrected chi connectivity index (χ3v) is 3.09. The predicted molar refractivity (Wildman–Crippen MR) is 75.9 cm³/mol. The van der Waals surface area contributed by atoms with Gasteiger partial charge in [0.1, 0.15) is 0 Å². The number of benzene rings is 2. The summed E-state index contributed by atoms with van der Waals surface area (Å²) >= 11 is 0. The Hall–Kier alpha value is -2.66. The monoisotopic (exact) mass is 266 g/mol. The average molecular weight is 266 g/mol. The second-order valence-electron chi connectivity index (χ2n) is 4.36. The third-order valence-electron chi connectivity index (χ3n) is 3.09. The molecule has 3 rings (SSSR count). The highest BCUT2D eigenvalue weighted by Gasteiger charge is 2.21. The number of hydrogen-bond donors (Lipinski definition) is 2. The van der Waals surface area contributed by atoms with Crippen LogP contribution < -0.4 is 11.3 Å². The van der Waals surface area contributed by atoms with Gasteiger partial charge in [0.15, 0.2) is 5.82 Å². The summed E-state index contributed by atoms with van der Waals surface area (Å²) in [5, 5.41) is 4.01. The van der Waals surface area contributed by atoms with Crippen LogP contribution in [0.1, 0.15) is 22.9 Å². The van der Waals surface area contributed by atoms with Gasteiger partial charge in [0.2, 0.25) is 0 Å². The van der Waals surface area contributed by atoms with Gasteiger partial charge in [-0.3, -0.25) is 5.43 Å². The molecule has 5 heteroatoms. The number of nitrogens with zero attached hydrogens (tertiary/aromatic N) is 2. The number of anilines is 1. The fourth-order valence-corrected chi connectivity index (χ4v) is 2.19. The van der Waals surface area contributed by atoms with Gasteiger partial charge < -0.3 is 4.52 Å². The number of nitrogens with two attached hydrogens (primary N) is 1. The fraction of sp³-hybridized carbons (Fsp3) is 0.0667. The first-order valence-electron chi connectivity index (χ1n) is 6.28. The molecule has 0 unspecified atom stereocenters. The van der Waals surface area contributed by atoms with Crippen LogP contribution in [0, 0.1) is 0 Å². The average Bonchev–Trinajstić information content (AvgIpc) is 2.98. The number of aromatic nitrogens is 2. The van der Waals surface area contributed by atoms with E-state index in [0.717, 1.165) is 11.1 Å². The second kappa shape index (κ2) is 5.54. The SMILES string of the molecule is NNc1nc(C(c2ccccc2)c2ccccc2)no1. The molecule has 20 heavy (non-hydrogen) atoms. The maximum absolute atomic E-state index is 5.29. The lowest BCUT2D eigenvalue weighted by Crippen LogP contribution is -2.08. The normalized spacial score (nSPS) is 10.7. The van der Waals surface area contributed by atoms with Gasteiger partial charge >= 0.3 is 6.01 Å². The fourth-order valence-electron chi connectivity index (χ4n) is 2.19. The van der Waals surface area contributed by atoms with Gasteiger partial charge in [-0.2, -0.15) is 4.98 Å². The molecule has 0 radical (unpaired) electrons. The Morgan fingerprint density at radius 2 is 1.45 bits per heavy atom. The van der Waals surface area contributed by atoms with Crippen molar-refractivity contribution in [3.8, 4) is 0 Å². The lowest BCUT2D eigenvalue weighted by atomic mass is 9.91. The highest BCUT2D eigenvalue weighted by molar-refractivity contribution is 5.38. The van der Waals surface area contributed by atoms with Crippen molar-refractivity contribution in [2.75, 3.05) is 5.43 Å². The molecule has 0 saturated heterocycles. The summed E-state index contributed by atoms with van der Waals surface area (Å²) in [4.78, 5) is 4.27. The van der Waals surface area contributed by atoms with Crippen LogP contribution in [0.5, 0.6) is 0 Å². The smallest absolute Gasteiger partial charge is 0.314 e. The summed E-state index contributed by atoms with van der Waals surface area (Å²) < 4.78 is 5.04. The van der Waals surface area contributed by atoms with E-state index in [1.807, 2.05) is 60.7 Å². The first-order chi connectivity index (χ1) is 9.88. The van der Waals surface area contributed by atoms with Gasteiger partial charge in [-0.15, -0.1) is 0 Å². The van der Waals surface area contributed by atoms with Crippen LogP contribution >= 0.6 is 0 Å². The summed E-state index contributed by atoms with van der Waals surface area (Å²) in [5.41, 5.74) is 4.57. The molecule has 0 atom stereocenters. The molecule has 1 aromatic heterocycles. The molecule has 3 aromatic rings. The van der Waals surface area contributed by atoms with Crippen molar-refractivity contribution in [3.63, 3.8) is 0 Å². The zero-order valence-electron chi connectivity index (χ0n) is 10.7. The van der Waals surface area contributed by atoms with E-state index in [1.165, 1.54) is 0 Å². The Bertz CT molecular complexity index is 627. The largest absolute Gasteiger partial charge is 0.335 e. The van der Waals surface area contributed by atoms with E-state index in [1.54, 1.807) is 0 Å². The number of hydrogen-bond acceptors (Lipinski definition) is 5. The van der Waals surface area contributed by atoms with Crippen molar-refractivity contribution in [2.24, 2.45) is 5.84 Å². The first-order valence-corrected chi connectivity index (χ1v) is 6.28. The van der Waals surface area contributed by atoms with Crippen LogP contribution in [-0.4, -0.2) is 10.1 Å². The molecule has 3 N–H and O–H groups in total. The molecule has 0 spiro atoms. The molecule has 5 nitrogen and oxygen atoms in total. The van der Waals surface area contributed by atoms with E-state index in [2.05, 4.69) is 15.6 Å². The van der Waals surface area contributed by atoms with Crippen LogP contribution in [0.15, 0.2) is 65.2 Å². The molecule has 0 aliphatic rings. The Morgan fingerprint density at radius 1 is 0.900 bits per heavy atom. The lowest BCUT2D eigenvalue weighted by Gasteiger charge is -2.13. The van der Waals surface area contributed by atoms with Gasteiger partial charge in [-0.25, -0.2) is 5.84 Å². The summed E-state index contributed by atoms with van der Waals surface area (Å²) in [5.74, 6) is 5.79. The molecule has 0 fully saturated rings. The summed E-state index contributed by atoms with van der Waals surface area (Å²) in [7, 11) is 0. The summed E-state index contributed by atoms with van der Waals surface area (Å²) in [6, 6.07) is 20.3. The number of nitrogen functional groups attached to an aromatic ring is 1. The quantitative estimate of drug-likeness (QED) is 0.560. The summed E-state index contributed by atoms with van der Waals surface area (Å²) in [6.07, 6.45) is 0. The van der Waals surface area contributed by atoms with E-state index >= 15 is 0 Å². The molecule has 0 amide bonds. The molecule has 0 bridgehead atoms.